The Morgan fingerprint density at radius 2 is 2.13 bits per heavy atom. The molecule has 3 aromatic rings. The fourth-order valence-corrected chi connectivity index (χ4v) is 3.87. The maximum Gasteiger partial charge on any atom is 0.251 e. The van der Waals surface area contributed by atoms with Crippen molar-refractivity contribution in [2.24, 2.45) is 0 Å². The number of aromatic nitrogens is 3. The number of nitrogens with one attached hydrogen (secondary N) is 1. The number of likely N-dealkylation sites (tertiary alicyclic amines) is 1. The van der Waals surface area contributed by atoms with E-state index in [0.717, 1.165) is 23.3 Å². The molecule has 2 aromatic heterocycles. The van der Waals surface area contributed by atoms with Crippen LogP contribution < -0.4 is 10.3 Å². The van der Waals surface area contributed by atoms with E-state index < -0.39 is 0 Å². The van der Waals surface area contributed by atoms with Crippen LogP contribution >= 0.6 is 0 Å². The van der Waals surface area contributed by atoms with Gasteiger partial charge in [-0.25, -0.2) is 4.98 Å². The van der Waals surface area contributed by atoms with Crippen LogP contribution in [0.3, 0.4) is 0 Å². The lowest BCUT2D eigenvalue weighted by Gasteiger charge is -2.17. The van der Waals surface area contributed by atoms with E-state index in [9.17, 15) is 9.59 Å². The van der Waals surface area contributed by atoms with Crippen LogP contribution in [0, 0.1) is 6.92 Å². The van der Waals surface area contributed by atoms with Crippen LogP contribution in [0.1, 0.15) is 29.2 Å². The summed E-state index contributed by atoms with van der Waals surface area (Å²) in [5, 5.41) is 0. The van der Waals surface area contributed by atoms with Crippen molar-refractivity contribution in [1.29, 1.82) is 0 Å². The van der Waals surface area contributed by atoms with Gasteiger partial charge in [-0.05, 0) is 42.7 Å². The Morgan fingerprint density at radius 1 is 1.27 bits per heavy atom. The number of amides is 1. The van der Waals surface area contributed by atoms with Crippen molar-refractivity contribution in [1.82, 2.24) is 19.9 Å². The third-order valence-corrected chi connectivity index (χ3v) is 5.44. The molecule has 7 heteroatoms. The number of benzene rings is 1. The fraction of sp³-hybridized carbons (Fsp3) is 0.304. The lowest BCUT2D eigenvalue weighted by atomic mass is 10.0. The molecule has 0 bridgehead atoms. The van der Waals surface area contributed by atoms with E-state index in [1.165, 1.54) is 6.07 Å². The second-order valence-corrected chi connectivity index (χ2v) is 7.54. The van der Waals surface area contributed by atoms with E-state index in [-0.39, 0.29) is 17.4 Å². The van der Waals surface area contributed by atoms with E-state index in [1.807, 2.05) is 48.2 Å². The molecule has 0 unspecified atom stereocenters. The average molecular weight is 404 g/mol. The molecule has 1 fully saturated rings. The minimum atomic E-state index is -0.209. The molecule has 1 aromatic carbocycles. The minimum Gasteiger partial charge on any atom is -0.496 e. The van der Waals surface area contributed by atoms with Gasteiger partial charge in [-0.3, -0.25) is 14.6 Å². The van der Waals surface area contributed by atoms with Crippen molar-refractivity contribution in [2.45, 2.75) is 25.7 Å². The second kappa shape index (κ2) is 8.49. The smallest absolute Gasteiger partial charge is 0.251 e. The molecular weight excluding hydrogens is 380 g/mol. The van der Waals surface area contributed by atoms with E-state index in [0.29, 0.717) is 36.7 Å². The van der Waals surface area contributed by atoms with E-state index in [1.54, 1.807) is 13.3 Å². The highest BCUT2D eigenvalue weighted by molar-refractivity contribution is 5.79. The Balaban J connectivity index is 1.47. The number of rotatable bonds is 5. The second-order valence-electron chi connectivity index (χ2n) is 7.54. The van der Waals surface area contributed by atoms with Gasteiger partial charge >= 0.3 is 0 Å². The van der Waals surface area contributed by atoms with Gasteiger partial charge in [-0.15, -0.1) is 0 Å². The van der Waals surface area contributed by atoms with Crippen LogP contribution in [0.15, 0.2) is 53.5 Å². The third kappa shape index (κ3) is 4.25. The van der Waals surface area contributed by atoms with Crippen molar-refractivity contribution >= 4 is 5.91 Å². The van der Waals surface area contributed by atoms with Crippen molar-refractivity contribution in [3.8, 4) is 17.3 Å². The number of carbonyl (C=O) groups excluding carboxylic acids is 1. The number of methoxy groups -OCH3 is 1. The molecule has 1 saturated heterocycles. The van der Waals surface area contributed by atoms with Gasteiger partial charge in [0.2, 0.25) is 5.91 Å². The minimum absolute atomic E-state index is 0.0383. The number of H-pyrrole nitrogens is 1. The number of hydrogen-bond donors (Lipinski definition) is 1. The highest BCUT2D eigenvalue weighted by Crippen LogP contribution is 2.27. The van der Waals surface area contributed by atoms with Gasteiger partial charge in [-0.2, -0.15) is 0 Å². The average Bonchev–Trinajstić information content (AvgIpc) is 3.25. The van der Waals surface area contributed by atoms with Gasteiger partial charge in [0.1, 0.15) is 11.4 Å². The summed E-state index contributed by atoms with van der Waals surface area (Å²) in [4.78, 5) is 38.5. The Bertz CT molecular complexity index is 1110. The number of hydrogen-bond acceptors (Lipinski definition) is 5. The molecule has 1 atom stereocenters. The Hall–Kier alpha value is -3.48. The zero-order valence-electron chi connectivity index (χ0n) is 17.1. The summed E-state index contributed by atoms with van der Waals surface area (Å²) in [5.74, 6) is 1.39. The van der Waals surface area contributed by atoms with Crippen LogP contribution in [0.5, 0.6) is 5.75 Å². The van der Waals surface area contributed by atoms with Crippen molar-refractivity contribution in [2.75, 3.05) is 20.2 Å². The zero-order chi connectivity index (χ0) is 21.1. The number of ether oxygens (including phenoxy) is 1. The Labute approximate surface area is 174 Å². The zero-order valence-corrected chi connectivity index (χ0v) is 17.1. The topological polar surface area (TPSA) is 88.2 Å². The first-order valence-corrected chi connectivity index (χ1v) is 9.97. The normalized spacial score (nSPS) is 15.9. The molecule has 3 heterocycles. The molecule has 1 amide bonds. The first kappa shape index (κ1) is 19.8. The van der Waals surface area contributed by atoms with Crippen LogP contribution in [0.25, 0.3) is 11.5 Å². The third-order valence-electron chi connectivity index (χ3n) is 5.44. The predicted octanol–water partition coefficient (Wildman–Crippen LogP) is 2.71. The van der Waals surface area contributed by atoms with Crippen molar-refractivity contribution in [3.63, 3.8) is 0 Å². The predicted molar refractivity (Wildman–Crippen MR) is 113 cm³/mol. The number of aryl methyl sites for hydroxylation is 1. The summed E-state index contributed by atoms with van der Waals surface area (Å²) < 4.78 is 5.28. The number of nitrogens with zero attached hydrogens (tertiary/aromatic N) is 3. The van der Waals surface area contributed by atoms with Crippen molar-refractivity contribution in [3.05, 3.63) is 75.8 Å². The molecule has 1 aliphatic heterocycles. The standard InChI is InChI=1S/C23H24N4O3/c1-15-11-16(6-7-20(15)30-2)12-22(29)27-10-8-17(14-27)19-13-21(28)26-23(25-19)18-5-3-4-9-24-18/h3-7,9,11,13,17H,8,10,12,14H2,1-2H3,(H,25,26,28)/t17-/m0/s1. The maximum atomic E-state index is 12.8. The van der Waals surface area contributed by atoms with Gasteiger partial charge in [0.15, 0.2) is 5.82 Å². The largest absolute Gasteiger partial charge is 0.496 e. The van der Waals surface area contributed by atoms with Crippen LogP contribution in [-0.4, -0.2) is 46.0 Å². The number of aromatic amines is 1. The molecule has 154 valence electrons. The van der Waals surface area contributed by atoms with Gasteiger partial charge < -0.3 is 14.6 Å². The highest BCUT2D eigenvalue weighted by Gasteiger charge is 2.29. The molecule has 0 radical (unpaired) electrons. The fourth-order valence-electron chi connectivity index (χ4n) is 3.87. The molecule has 1 N–H and O–H groups in total. The molecule has 1 aliphatic rings. The molecular formula is C23H24N4O3. The molecule has 4 rings (SSSR count). The summed E-state index contributed by atoms with van der Waals surface area (Å²) in [6, 6.07) is 12.8. The van der Waals surface area contributed by atoms with E-state index >= 15 is 0 Å². The summed E-state index contributed by atoms with van der Waals surface area (Å²) in [6.45, 7) is 3.19. The number of pyridine rings is 1. The first-order chi connectivity index (χ1) is 14.5. The molecule has 0 saturated carbocycles. The highest BCUT2D eigenvalue weighted by atomic mass is 16.5. The quantitative estimate of drug-likeness (QED) is 0.706. The van der Waals surface area contributed by atoms with Gasteiger partial charge in [0.25, 0.3) is 5.56 Å². The van der Waals surface area contributed by atoms with Crippen LogP contribution in [0.4, 0.5) is 0 Å². The van der Waals surface area contributed by atoms with Gasteiger partial charge in [0.05, 0.1) is 19.2 Å². The maximum absolute atomic E-state index is 12.8. The lowest BCUT2D eigenvalue weighted by Crippen LogP contribution is -2.30. The molecule has 0 aliphatic carbocycles. The molecule has 30 heavy (non-hydrogen) atoms. The van der Waals surface area contributed by atoms with E-state index in [4.69, 9.17) is 4.74 Å². The van der Waals surface area contributed by atoms with Gasteiger partial charge in [0, 0.05) is 31.3 Å². The molecule has 7 nitrogen and oxygen atoms in total. The SMILES string of the molecule is COc1ccc(CC(=O)N2CC[C@H](c3cc(=O)[nH]c(-c4ccccn4)n3)C2)cc1C. The summed E-state index contributed by atoms with van der Waals surface area (Å²) in [7, 11) is 1.64. The number of carbonyl (C=O) groups is 1. The Morgan fingerprint density at radius 3 is 2.87 bits per heavy atom. The molecule has 0 spiro atoms. The summed E-state index contributed by atoms with van der Waals surface area (Å²) in [6.07, 6.45) is 2.80. The van der Waals surface area contributed by atoms with E-state index in [2.05, 4.69) is 15.0 Å². The van der Waals surface area contributed by atoms with Gasteiger partial charge in [-0.1, -0.05) is 18.2 Å². The summed E-state index contributed by atoms with van der Waals surface area (Å²) in [5.41, 5.74) is 3.09. The lowest BCUT2D eigenvalue weighted by molar-refractivity contribution is -0.129. The van der Waals surface area contributed by atoms with Crippen LogP contribution in [-0.2, 0) is 11.2 Å². The van der Waals surface area contributed by atoms with Crippen LogP contribution in [0.2, 0.25) is 0 Å². The van der Waals surface area contributed by atoms with Crippen molar-refractivity contribution < 1.29 is 9.53 Å². The first-order valence-electron chi connectivity index (χ1n) is 9.97. The summed E-state index contributed by atoms with van der Waals surface area (Å²) >= 11 is 0. The Kier molecular flexibility index (Phi) is 5.61. The monoisotopic (exact) mass is 404 g/mol.